The average Bonchev–Trinajstić information content (AvgIpc) is 3.02. The van der Waals surface area contributed by atoms with Crippen LogP contribution in [-0.2, 0) is 10.0 Å². The van der Waals surface area contributed by atoms with Gasteiger partial charge in [0.15, 0.2) is 0 Å². The summed E-state index contributed by atoms with van der Waals surface area (Å²) in [5.41, 5.74) is 1.30. The summed E-state index contributed by atoms with van der Waals surface area (Å²) >= 11 is 6.99. The van der Waals surface area contributed by atoms with Gasteiger partial charge in [-0.15, -0.1) is 11.3 Å². The Morgan fingerprint density at radius 2 is 1.78 bits per heavy atom. The first-order valence-corrected chi connectivity index (χ1v) is 10.3. The minimum Gasteiger partial charge on any atom is -0.327 e. The van der Waals surface area contributed by atoms with Crippen molar-refractivity contribution < 1.29 is 13.3 Å². The summed E-state index contributed by atoms with van der Waals surface area (Å²) in [7, 11) is -3.40. The van der Waals surface area contributed by atoms with Crippen LogP contribution < -0.4 is 4.90 Å². The summed E-state index contributed by atoms with van der Waals surface area (Å²) in [6.07, 6.45) is 0. The maximum absolute atomic E-state index is 12.6. The van der Waals surface area contributed by atoms with Crippen LogP contribution in [0.5, 0.6) is 0 Å². The normalized spacial score (nSPS) is 18.9. The highest BCUT2D eigenvalue weighted by Crippen LogP contribution is 2.28. The lowest BCUT2D eigenvalue weighted by atomic mass is 10.1. The summed E-state index contributed by atoms with van der Waals surface area (Å²) < 4.78 is 27.7. The van der Waals surface area contributed by atoms with Crippen molar-refractivity contribution in [2.24, 2.45) is 0 Å². The highest BCUT2D eigenvalue weighted by Gasteiger charge is 2.33. The molecule has 1 atom stereocenters. The molecule has 0 unspecified atom stereocenters. The highest BCUT2D eigenvalue weighted by molar-refractivity contribution is 7.91. The molecule has 0 saturated carbocycles. The number of nitrogens with zero attached hydrogens (tertiary/aromatic N) is 1. The molecule has 7 heteroatoms. The number of hydrogen-bond acceptors (Lipinski definition) is 3. The SMILES string of the molecule is C[C@H](c1ccccc1)[NH+]1CCN(S(=O)(=O)c2ccc(Cl)s2)CC1. The van der Waals surface area contributed by atoms with Crippen LogP contribution in [0.2, 0.25) is 4.34 Å². The van der Waals surface area contributed by atoms with Crippen LogP contribution in [0.4, 0.5) is 0 Å². The lowest BCUT2D eigenvalue weighted by Gasteiger charge is -2.34. The zero-order valence-corrected chi connectivity index (χ0v) is 15.3. The summed E-state index contributed by atoms with van der Waals surface area (Å²) in [4.78, 5) is 1.42. The van der Waals surface area contributed by atoms with Crippen molar-refractivity contribution in [1.82, 2.24) is 4.31 Å². The van der Waals surface area contributed by atoms with Gasteiger partial charge in [0.25, 0.3) is 10.0 Å². The molecule has 2 aromatic rings. The van der Waals surface area contributed by atoms with Crippen molar-refractivity contribution in [2.45, 2.75) is 17.2 Å². The monoisotopic (exact) mass is 371 g/mol. The fourth-order valence-corrected chi connectivity index (χ4v) is 6.07. The fourth-order valence-electron chi connectivity index (χ4n) is 2.99. The number of benzene rings is 1. The maximum atomic E-state index is 12.6. The molecule has 3 rings (SSSR count). The van der Waals surface area contributed by atoms with E-state index in [1.165, 1.54) is 10.5 Å². The van der Waals surface area contributed by atoms with Gasteiger partial charge in [0.1, 0.15) is 10.3 Å². The van der Waals surface area contributed by atoms with Crippen molar-refractivity contribution in [3.05, 3.63) is 52.4 Å². The van der Waals surface area contributed by atoms with E-state index >= 15 is 0 Å². The number of thiophene rings is 1. The van der Waals surface area contributed by atoms with E-state index in [2.05, 4.69) is 19.1 Å². The van der Waals surface area contributed by atoms with E-state index in [1.54, 1.807) is 16.4 Å². The van der Waals surface area contributed by atoms with Crippen LogP contribution in [0, 0.1) is 0 Å². The fraction of sp³-hybridized carbons (Fsp3) is 0.375. The van der Waals surface area contributed by atoms with Gasteiger partial charge in [-0.1, -0.05) is 41.9 Å². The van der Waals surface area contributed by atoms with E-state index in [4.69, 9.17) is 11.6 Å². The molecule has 1 aromatic heterocycles. The Balaban J connectivity index is 1.67. The van der Waals surface area contributed by atoms with Crippen LogP contribution in [-0.4, -0.2) is 38.9 Å². The first-order chi connectivity index (χ1) is 11.0. The van der Waals surface area contributed by atoms with Crippen LogP contribution in [0.15, 0.2) is 46.7 Å². The Hall–Kier alpha value is -0.920. The standard InChI is InChI=1S/C16H19ClN2O2S2/c1-13(14-5-3-2-4-6-14)18-9-11-19(12-10-18)23(20,21)16-8-7-15(17)22-16/h2-8,13H,9-12H2,1H3/p+1/t13-/m1/s1. The van der Waals surface area contributed by atoms with Crippen molar-refractivity contribution in [3.8, 4) is 0 Å². The van der Waals surface area contributed by atoms with Crippen LogP contribution >= 0.6 is 22.9 Å². The second kappa shape index (κ2) is 6.91. The van der Waals surface area contributed by atoms with E-state index in [9.17, 15) is 8.42 Å². The smallest absolute Gasteiger partial charge is 0.253 e. The Bertz CT molecular complexity index is 753. The predicted molar refractivity (Wildman–Crippen MR) is 93.6 cm³/mol. The summed E-state index contributed by atoms with van der Waals surface area (Å²) in [6, 6.07) is 14.0. The molecule has 23 heavy (non-hydrogen) atoms. The van der Waals surface area contributed by atoms with Crippen LogP contribution in [0.3, 0.4) is 0 Å². The molecule has 0 bridgehead atoms. The minimum absolute atomic E-state index is 0.335. The molecule has 0 aliphatic carbocycles. The van der Waals surface area contributed by atoms with Gasteiger partial charge < -0.3 is 4.90 Å². The van der Waals surface area contributed by atoms with E-state index in [0.29, 0.717) is 27.7 Å². The molecule has 2 heterocycles. The molecule has 0 radical (unpaired) electrons. The maximum Gasteiger partial charge on any atom is 0.253 e. The van der Waals surface area contributed by atoms with Crippen molar-refractivity contribution >= 4 is 33.0 Å². The summed E-state index contributed by atoms with van der Waals surface area (Å²) in [5, 5.41) is 0. The summed E-state index contributed by atoms with van der Waals surface area (Å²) in [6.45, 7) is 4.92. The third-order valence-corrected chi connectivity index (χ3v) is 8.02. The molecule has 1 aliphatic heterocycles. The Kier molecular flexibility index (Phi) is 5.08. The van der Waals surface area contributed by atoms with Crippen molar-refractivity contribution in [2.75, 3.05) is 26.2 Å². The molecule has 0 spiro atoms. The first kappa shape index (κ1) is 16.9. The molecule has 1 aliphatic rings. The number of hydrogen-bond donors (Lipinski definition) is 1. The van der Waals surface area contributed by atoms with Gasteiger partial charge in [-0.2, -0.15) is 4.31 Å². The summed E-state index contributed by atoms with van der Waals surface area (Å²) in [5.74, 6) is 0. The molecular formula is C16H20ClN2O2S2+. The molecule has 1 saturated heterocycles. The Morgan fingerprint density at radius 1 is 1.13 bits per heavy atom. The van der Waals surface area contributed by atoms with Crippen molar-refractivity contribution in [1.29, 1.82) is 0 Å². The molecule has 1 aromatic carbocycles. The molecule has 4 nitrogen and oxygen atoms in total. The third kappa shape index (κ3) is 3.61. The molecule has 124 valence electrons. The molecule has 1 fully saturated rings. The van der Waals surface area contributed by atoms with E-state index in [-0.39, 0.29) is 0 Å². The number of quaternary nitrogens is 1. The van der Waals surface area contributed by atoms with Gasteiger partial charge in [0.2, 0.25) is 0 Å². The Morgan fingerprint density at radius 3 is 2.35 bits per heavy atom. The number of piperazine rings is 1. The minimum atomic E-state index is -3.40. The number of rotatable bonds is 4. The second-order valence-corrected chi connectivity index (χ2v) is 9.63. The van der Waals surface area contributed by atoms with Gasteiger partial charge in [0, 0.05) is 5.56 Å². The highest BCUT2D eigenvalue weighted by atomic mass is 35.5. The topological polar surface area (TPSA) is 41.8 Å². The van der Waals surface area contributed by atoms with Gasteiger partial charge in [0.05, 0.1) is 30.5 Å². The lowest BCUT2D eigenvalue weighted by molar-refractivity contribution is -0.933. The first-order valence-electron chi connectivity index (χ1n) is 7.63. The van der Waals surface area contributed by atoms with Gasteiger partial charge in [-0.3, -0.25) is 0 Å². The third-order valence-electron chi connectivity index (χ3n) is 4.42. The predicted octanol–water partition coefficient (Wildman–Crippen LogP) is 2.05. The van der Waals surface area contributed by atoms with E-state index < -0.39 is 10.0 Å². The zero-order valence-electron chi connectivity index (χ0n) is 12.9. The van der Waals surface area contributed by atoms with Gasteiger partial charge >= 0.3 is 0 Å². The van der Waals surface area contributed by atoms with Gasteiger partial charge in [-0.25, -0.2) is 8.42 Å². The second-order valence-electron chi connectivity index (χ2n) is 5.75. The molecule has 0 amide bonds. The van der Waals surface area contributed by atoms with E-state index in [0.717, 1.165) is 24.4 Å². The largest absolute Gasteiger partial charge is 0.327 e. The average molecular weight is 372 g/mol. The lowest BCUT2D eigenvalue weighted by Crippen LogP contribution is -3.14. The van der Waals surface area contributed by atoms with Crippen LogP contribution in [0.25, 0.3) is 0 Å². The number of sulfonamides is 1. The number of halogens is 1. The zero-order chi connectivity index (χ0) is 16.4. The molecular weight excluding hydrogens is 352 g/mol. The number of nitrogens with one attached hydrogen (secondary N) is 1. The van der Waals surface area contributed by atoms with Gasteiger partial charge in [-0.05, 0) is 19.1 Å². The van der Waals surface area contributed by atoms with Crippen molar-refractivity contribution in [3.63, 3.8) is 0 Å². The Labute approximate surface area is 146 Å². The van der Waals surface area contributed by atoms with E-state index in [1.807, 2.05) is 18.2 Å². The quantitative estimate of drug-likeness (QED) is 0.893. The van der Waals surface area contributed by atoms with Crippen LogP contribution in [0.1, 0.15) is 18.5 Å². The molecule has 1 N–H and O–H groups in total.